The van der Waals surface area contributed by atoms with Crippen molar-refractivity contribution in [2.24, 2.45) is 0 Å². The molecule has 0 radical (unpaired) electrons. The van der Waals surface area contributed by atoms with Crippen molar-refractivity contribution < 1.29 is 0 Å². The maximum absolute atomic E-state index is 7.50. The van der Waals surface area contributed by atoms with Crippen LogP contribution in [-0.4, -0.2) is 8.68 Å². The smallest absolute Gasteiger partial charge is 0.206 e. The van der Waals surface area contributed by atoms with Crippen LogP contribution in [0.15, 0.2) is 97.3 Å². The molecule has 0 aliphatic rings. The summed E-state index contributed by atoms with van der Waals surface area (Å²) in [5.74, 6) is 0. The third-order valence-corrected chi connectivity index (χ3v) is 12.1. The van der Waals surface area contributed by atoms with Crippen molar-refractivity contribution in [1.29, 1.82) is 0 Å². The lowest BCUT2D eigenvalue weighted by molar-refractivity contribution is 0.568. The van der Waals surface area contributed by atoms with E-state index in [1.807, 2.05) is 0 Å². The van der Waals surface area contributed by atoms with Gasteiger partial charge in [-0.2, -0.15) is 0 Å². The zero-order valence-corrected chi connectivity index (χ0v) is 32.6. The van der Waals surface area contributed by atoms with Gasteiger partial charge in [0.25, 0.3) is 0 Å². The fourth-order valence-electron chi connectivity index (χ4n) is 6.50. The Morgan fingerprint density at radius 3 is 1.04 bits per heavy atom. The molecule has 0 bridgehead atoms. The third-order valence-electron chi connectivity index (χ3n) is 9.73. The zero-order valence-electron chi connectivity index (χ0n) is 31.0. The summed E-state index contributed by atoms with van der Waals surface area (Å²) in [6.07, 6.45) is 4.34. The summed E-state index contributed by atoms with van der Waals surface area (Å²) in [6, 6.07) is 32.1. The minimum absolute atomic E-state index is 0.0526. The van der Waals surface area contributed by atoms with E-state index in [1.165, 1.54) is 55.3 Å². The Labute approximate surface area is 294 Å². The quantitative estimate of drug-likeness (QED) is 0.165. The highest BCUT2D eigenvalue weighted by atomic mass is 35.7. The monoisotopic (exact) mass is 674 g/mol. The molecule has 6 rings (SSSR count). The Morgan fingerprint density at radius 2 is 0.750 bits per heavy atom. The predicted octanol–water partition coefficient (Wildman–Crippen LogP) is 14.0. The molecule has 2 nitrogen and oxygen atoms in total. The lowest BCUT2D eigenvalue weighted by atomic mass is 9.78. The summed E-state index contributed by atoms with van der Waals surface area (Å²) in [5.41, 5.74) is 13.0. The topological polar surface area (TPSA) is 9.86 Å². The first-order valence-electron chi connectivity index (χ1n) is 17.2. The first-order valence-corrected chi connectivity index (χ1v) is 19.4. The average Bonchev–Trinajstić information content (AvgIpc) is 3.63. The molecule has 0 saturated heterocycles. The van der Waals surface area contributed by atoms with Gasteiger partial charge in [-0.25, -0.2) is 0 Å². The van der Waals surface area contributed by atoms with Crippen molar-refractivity contribution >= 4 is 40.6 Å². The molecule has 250 valence electrons. The average molecular weight is 675 g/mol. The highest BCUT2D eigenvalue weighted by Gasteiger charge is 2.24. The number of benzene rings is 4. The Kier molecular flexibility index (Phi) is 8.58. The van der Waals surface area contributed by atoms with E-state index in [9.17, 15) is 0 Å². The minimum atomic E-state index is -1.25. The Morgan fingerprint density at radius 1 is 0.438 bits per heavy atom. The third kappa shape index (κ3) is 6.51. The van der Waals surface area contributed by atoms with Crippen LogP contribution in [0, 0.1) is 0 Å². The van der Waals surface area contributed by atoms with Crippen LogP contribution in [0.1, 0.15) is 105 Å². The molecule has 0 N–H and O–H groups in total. The Balaban J connectivity index is 1.46. The lowest BCUT2D eigenvalue weighted by Crippen LogP contribution is -2.16. The second-order valence-corrected chi connectivity index (χ2v) is 19.9. The number of halogens is 1. The van der Waals surface area contributed by atoms with Gasteiger partial charge in [-0.05, 0) is 102 Å². The van der Waals surface area contributed by atoms with E-state index >= 15 is 0 Å². The van der Waals surface area contributed by atoms with Crippen molar-refractivity contribution in [2.75, 3.05) is 0 Å². The molecule has 0 saturated carbocycles. The molecule has 2 heterocycles. The van der Waals surface area contributed by atoms with Crippen LogP contribution in [0.3, 0.4) is 0 Å². The molecular formula is C44H52ClN2P. The van der Waals surface area contributed by atoms with Crippen molar-refractivity contribution in [3.8, 4) is 22.3 Å². The van der Waals surface area contributed by atoms with Crippen LogP contribution in [0.25, 0.3) is 44.1 Å². The van der Waals surface area contributed by atoms with Crippen molar-refractivity contribution in [2.45, 2.75) is 105 Å². The molecule has 0 atom stereocenters. The highest BCUT2D eigenvalue weighted by molar-refractivity contribution is 7.81. The summed E-state index contributed by atoms with van der Waals surface area (Å²) in [4.78, 5) is 0. The van der Waals surface area contributed by atoms with E-state index in [0.717, 1.165) is 11.0 Å². The Bertz CT molecular complexity index is 1920. The van der Waals surface area contributed by atoms with Gasteiger partial charge in [0.1, 0.15) is 0 Å². The molecule has 0 aliphatic heterocycles. The zero-order chi connectivity index (χ0) is 35.0. The van der Waals surface area contributed by atoms with Crippen LogP contribution in [-0.2, 0) is 21.7 Å². The SMILES string of the molecule is CC(C)(C)c1cc(-c2cccc3c2ccn3P(Cl)n2ccc3c(-c4cc(C(C)(C)C)cc(C(C)(C)C)c4)cccc32)cc(C(C)(C)C)c1. The largest absolute Gasteiger partial charge is 0.296 e. The molecule has 0 amide bonds. The van der Waals surface area contributed by atoms with E-state index in [1.54, 1.807) is 0 Å². The first-order chi connectivity index (χ1) is 22.2. The number of hydrogen-bond acceptors (Lipinski definition) is 0. The molecule has 2 aromatic heterocycles. The molecule has 0 fully saturated rings. The molecule has 0 unspecified atom stereocenters. The maximum atomic E-state index is 7.50. The van der Waals surface area contributed by atoms with Gasteiger partial charge >= 0.3 is 0 Å². The number of rotatable bonds is 4. The van der Waals surface area contributed by atoms with E-state index < -0.39 is 7.58 Å². The van der Waals surface area contributed by atoms with Gasteiger partial charge in [-0.3, -0.25) is 8.68 Å². The van der Waals surface area contributed by atoms with E-state index in [2.05, 4.69) is 189 Å². The molecule has 0 aliphatic carbocycles. The summed E-state index contributed by atoms with van der Waals surface area (Å²) in [6.45, 7) is 27.6. The van der Waals surface area contributed by atoms with Gasteiger partial charge in [0.2, 0.25) is 7.58 Å². The molecule has 48 heavy (non-hydrogen) atoms. The first kappa shape index (κ1) is 34.5. The standard InChI is InChI=1S/C44H52ClN2P/c1-41(2,3)31-23-29(24-32(27-31)42(4,5)6)35-15-13-17-39-37(35)19-21-46(39)48(45)47-22-20-38-36(16-14-18-40(38)47)30-25-33(43(7,8)9)28-34(26-30)44(10,11)12/h13-28H,1-12H3. The number of nitrogens with zero attached hydrogens (tertiary/aromatic N) is 2. The number of hydrogen-bond donors (Lipinski definition) is 0. The van der Waals surface area contributed by atoms with Gasteiger partial charge in [-0.1, -0.05) is 144 Å². The summed E-state index contributed by atoms with van der Waals surface area (Å²) >= 11 is 7.50. The van der Waals surface area contributed by atoms with Crippen molar-refractivity contribution in [1.82, 2.24) is 8.68 Å². The number of fused-ring (bicyclic) bond motifs is 2. The van der Waals surface area contributed by atoms with Crippen molar-refractivity contribution in [3.63, 3.8) is 0 Å². The second kappa shape index (κ2) is 11.9. The van der Waals surface area contributed by atoms with Crippen LogP contribution < -0.4 is 0 Å². The molecule has 4 aromatic carbocycles. The second-order valence-electron chi connectivity index (χ2n) is 17.6. The van der Waals surface area contributed by atoms with Gasteiger partial charge in [0.15, 0.2) is 0 Å². The summed E-state index contributed by atoms with van der Waals surface area (Å²) in [7, 11) is -1.25. The van der Waals surface area contributed by atoms with Crippen molar-refractivity contribution in [3.05, 3.63) is 120 Å². The van der Waals surface area contributed by atoms with Crippen LogP contribution >= 0.6 is 18.8 Å². The molecule has 6 aromatic rings. The summed E-state index contributed by atoms with van der Waals surface area (Å²) in [5, 5.41) is 2.45. The Hall–Kier alpha value is -3.32. The van der Waals surface area contributed by atoms with Gasteiger partial charge in [0.05, 0.1) is 11.0 Å². The van der Waals surface area contributed by atoms with E-state index in [-0.39, 0.29) is 21.7 Å². The fourth-order valence-corrected chi connectivity index (χ4v) is 8.56. The van der Waals surface area contributed by atoms with E-state index in [4.69, 9.17) is 11.2 Å². The number of aromatic nitrogens is 2. The minimum Gasteiger partial charge on any atom is -0.296 e. The van der Waals surface area contributed by atoms with Crippen LogP contribution in [0.2, 0.25) is 0 Å². The van der Waals surface area contributed by atoms with Crippen LogP contribution in [0.5, 0.6) is 0 Å². The molecular weight excluding hydrogens is 623 g/mol. The molecule has 4 heteroatoms. The van der Waals surface area contributed by atoms with Gasteiger partial charge in [-0.15, -0.1) is 0 Å². The highest BCUT2D eigenvalue weighted by Crippen LogP contribution is 2.51. The normalized spacial score (nSPS) is 13.3. The van der Waals surface area contributed by atoms with Gasteiger partial charge < -0.3 is 0 Å². The lowest BCUT2D eigenvalue weighted by Gasteiger charge is -2.26. The molecule has 0 spiro atoms. The van der Waals surface area contributed by atoms with Crippen LogP contribution in [0.4, 0.5) is 0 Å². The van der Waals surface area contributed by atoms with Gasteiger partial charge in [0, 0.05) is 23.2 Å². The predicted molar refractivity (Wildman–Crippen MR) is 213 cm³/mol. The summed E-state index contributed by atoms with van der Waals surface area (Å²) < 4.78 is 4.52. The fraction of sp³-hybridized carbons (Fsp3) is 0.364. The van der Waals surface area contributed by atoms with E-state index in [0.29, 0.717) is 0 Å². The maximum Gasteiger partial charge on any atom is 0.206 e.